The topological polar surface area (TPSA) is 15.3 Å². The number of halogens is 2. The van der Waals surface area contributed by atoms with E-state index in [4.69, 9.17) is 11.6 Å². The molecule has 0 unspecified atom stereocenters. The molecule has 1 heterocycles. The lowest BCUT2D eigenvalue weighted by atomic mass is 9.88. The molecule has 0 amide bonds. The van der Waals surface area contributed by atoms with Crippen molar-refractivity contribution >= 4 is 11.6 Å². The van der Waals surface area contributed by atoms with E-state index in [0.29, 0.717) is 0 Å². The number of hydrogen-bond donors (Lipinski definition) is 1. The molecule has 0 radical (unpaired) electrons. The molecule has 1 saturated heterocycles. The Kier molecular flexibility index (Phi) is 4.82. The van der Waals surface area contributed by atoms with Crippen molar-refractivity contribution in [2.45, 2.75) is 38.8 Å². The Morgan fingerprint density at radius 1 is 1.37 bits per heavy atom. The van der Waals surface area contributed by atoms with Crippen molar-refractivity contribution in [1.82, 2.24) is 10.2 Å². The van der Waals surface area contributed by atoms with E-state index in [0.717, 1.165) is 44.6 Å². The van der Waals surface area contributed by atoms with E-state index >= 15 is 0 Å². The predicted molar refractivity (Wildman–Crippen MR) is 78.0 cm³/mol. The van der Waals surface area contributed by atoms with Gasteiger partial charge in [0.2, 0.25) is 0 Å². The third-order valence-corrected chi connectivity index (χ3v) is 4.66. The summed E-state index contributed by atoms with van der Waals surface area (Å²) in [4.78, 5) is 2.48. The first kappa shape index (κ1) is 14.8. The number of piperazine rings is 1. The SMILES string of the molecule is CCC1(CC)CNCCN1Cc1ccc(Cl)c(F)c1. The summed E-state index contributed by atoms with van der Waals surface area (Å²) in [6.45, 7) is 8.26. The van der Waals surface area contributed by atoms with E-state index in [1.165, 1.54) is 0 Å². The van der Waals surface area contributed by atoms with Gasteiger partial charge in [-0.15, -0.1) is 0 Å². The Balaban J connectivity index is 2.17. The van der Waals surface area contributed by atoms with Crippen LogP contribution in [-0.2, 0) is 6.54 Å². The van der Waals surface area contributed by atoms with E-state index in [2.05, 4.69) is 24.1 Å². The summed E-state index contributed by atoms with van der Waals surface area (Å²) in [5, 5.41) is 3.67. The van der Waals surface area contributed by atoms with Gasteiger partial charge < -0.3 is 5.32 Å². The minimum absolute atomic E-state index is 0.189. The molecule has 0 saturated carbocycles. The third kappa shape index (κ3) is 3.10. The zero-order valence-electron chi connectivity index (χ0n) is 11.7. The van der Waals surface area contributed by atoms with Crippen LogP contribution in [0.5, 0.6) is 0 Å². The van der Waals surface area contributed by atoms with Crippen LogP contribution in [0, 0.1) is 5.82 Å². The van der Waals surface area contributed by atoms with E-state index in [9.17, 15) is 4.39 Å². The van der Waals surface area contributed by atoms with Gasteiger partial charge in [-0.25, -0.2) is 4.39 Å². The van der Waals surface area contributed by atoms with E-state index in [-0.39, 0.29) is 16.4 Å². The number of nitrogens with zero attached hydrogens (tertiary/aromatic N) is 1. The van der Waals surface area contributed by atoms with Crippen molar-refractivity contribution in [1.29, 1.82) is 0 Å². The molecule has 1 N–H and O–H groups in total. The van der Waals surface area contributed by atoms with Gasteiger partial charge in [0.1, 0.15) is 5.82 Å². The number of hydrogen-bond acceptors (Lipinski definition) is 2. The van der Waals surface area contributed by atoms with E-state index < -0.39 is 0 Å². The Morgan fingerprint density at radius 3 is 2.74 bits per heavy atom. The van der Waals surface area contributed by atoms with Crippen molar-refractivity contribution in [3.63, 3.8) is 0 Å². The van der Waals surface area contributed by atoms with Gasteiger partial charge >= 0.3 is 0 Å². The van der Waals surface area contributed by atoms with Crippen molar-refractivity contribution in [3.05, 3.63) is 34.6 Å². The first-order valence-corrected chi connectivity index (χ1v) is 7.39. The van der Waals surface area contributed by atoms with Crippen LogP contribution >= 0.6 is 11.6 Å². The molecule has 106 valence electrons. The average Bonchev–Trinajstić information content (AvgIpc) is 2.44. The molecule has 0 atom stereocenters. The van der Waals surface area contributed by atoms with Crippen LogP contribution in [0.15, 0.2) is 18.2 Å². The normalized spacial score (nSPS) is 19.6. The summed E-state index contributed by atoms with van der Waals surface area (Å²) in [6.07, 6.45) is 2.21. The molecule has 0 bridgehead atoms. The minimum atomic E-state index is -0.326. The Hall–Kier alpha value is -0.640. The minimum Gasteiger partial charge on any atom is -0.314 e. The maximum absolute atomic E-state index is 13.5. The van der Waals surface area contributed by atoms with Gasteiger partial charge in [-0.2, -0.15) is 0 Å². The van der Waals surface area contributed by atoms with Gasteiger partial charge in [0.15, 0.2) is 0 Å². The Bertz CT molecular complexity index is 432. The van der Waals surface area contributed by atoms with Crippen LogP contribution in [0.25, 0.3) is 0 Å². The fraction of sp³-hybridized carbons (Fsp3) is 0.600. The molecular formula is C15H22ClFN2. The summed E-state index contributed by atoms with van der Waals surface area (Å²) in [6, 6.07) is 5.12. The molecule has 0 aromatic heterocycles. The lowest BCUT2D eigenvalue weighted by Crippen LogP contribution is -2.60. The van der Waals surface area contributed by atoms with Gasteiger partial charge in [0.05, 0.1) is 5.02 Å². The molecule has 0 spiro atoms. The maximum Gasteiger partial charge on any atom is 0.142 e. The van der Waals surface area contributed by atoms with Crippen LogP contribution in [0.1, 0.15) is 32.3 Å². The summed E-state index contributed by atoms with van der Waals surface area (Å²) in [5.74, 6) is -0.326. The molecule has 2 rings (SSSR count). The number of nitrogens with one attached hydrogen (secondary N) is 1. The molecule has 19 heavy (non-hydrogen) atoms. The lowest BCUT2D eigenvalue weighted by molar-refractivity contribution is 0.0447. The largest absolute Gasteiger partial charge is 0.314 e. The zero-order valence-corrected chi connectivity index (χ0v) is 12.4. The molecule has 4 heteroatoms. The molecular weight excluding hydrogens is 263 g/mol. The molecule has 1 aliphatic heterocycles. The fourth-order valence-electron chi connectivity index (χ4n) is 2.94. The van der Waals surface area contributed by atoms with Gasteiger partial charge in [-0.1, -0.05) is 31.5 Å². The Labute approximate surface area is 119 Å². The van der Waals surface area contributed by atoms with Crippen LogP contribution in [0.3, 0.4) is 0 Å². The van der Waals surface area contributed by atoms with Gasteiger partial charge in [0, 0.05) is 31.7 Å². The highest BCUT2D eigenvalue weighted by Crippen LogP contribution is 2.28. The van der Waals surface area contributed by atoms with Crippen molar-refractivity contribution < 1.29 is 4.39 Å². The van der Waals surface area contributed by atoms with Crippen molar-refractivity contribution in [2.75, 3.05) is 19.6 Å². The second kappa shape index (κ2) is 6.21. The smallest absolute Gasteiger partial charge is 0.142 e. The molecule has 1 aromatic carbocycles. The van der Waals surface area contributed by atoms with Crippen LogP contribution < -0.4 is 5.32 Å². The average molecular weight is 285 g/mol. The van der Waals surface area contributed by atoms with Gasteiger partial charge in [-0.3, -0.25) is 4.90 Å². The molecule has 0 aliphatic carbocycles. The zero-order chi connectivity index (χ0) is 13.9. The second-order valence-electron chi connectivity index (χ2n) is 5.28. The molecule has 1 aromatic rings. The predicted octanol–water partition coefficient (Wildman–Crippen LogP) is 3.44. The van der Waals surface area contributed by atoms with Crippen molar-refractivity contribution in [3.8, 4) is 0 Å². The van der Waals surface area contributed by atoms with E-state index in [1.54, 1.807) is 12.1 Å². The Morgan fingerprint density at radius 2 is 2.11 bits per heavy atom. The number of benzene rings is 1. The summed E-state index contributed by atoms with van der Waals surface area (Å²) in [7, 11) is 0. The van der Waals surface area contributed by atoms with Crippen LogP contribution in [0.4, 0.5) is 4.39 Å². The third-order valence-electron chi connectivity index (χ3n) is 4.36. The highest BCUT2D eigenvalue weighted by molar-refractivity contribution is 6.30. The highest BCUT2D eigenvalue weighted by atomic mass is 35.5. The molecule has 2 nitrogen and oxygen atoms in total. The maximum atomic E-state index is 13.5. The summed E-state index contributed by atoms with van der Waals surface area (Å²) < 4.78 is 13.5. The quantitative estimate of drug-likeness (QED) is 0.911. The fourth-order valence-corrected chi connectivity index (χ4v) is 3.05. The van der Waals surface area contributed by atoms with Crippen LogP contribution in [-0.4, -0.2) is 30.1 Å². The summed E-state index contributed by atoms with van der Waals surface area (Å²) in [5.41, 5.74) is 1.18. The first-order valence-electron chi connectivity index (χ1n) is 7.01. The monoisotopic (exact) mass is 284 g/mol. The standard InChI is InChI=1S/C15H22ClFN2/c1-3-15(4-2)11-18-7-8-19(15)10-12-5-6-13(16)14(17)9-12/h5-6,9,18H,3-4,7-8,10-11H2,1-2H3. The first-order chi connectivity index (χ1) is 9.11. The second-order valence-corrected chi connectivity index (χ2v) is 5.69. The highest BCUT2D eigenvalue weighted by Gasteiger charge is 2.35. The van der Waals surface area contributed by atoms with Crippen LogP contribution in [0.2, 0.25) is 5.02 Å². The van der Waals surface area contributed by atoms with Crippen molar-refractivity contribution in [2.24, 2.45) is 0 Å². The van der Waals surface area contributed by atoms with Gasteiger partial charge in [0.25, 0.3) is 0 Å². The lowest BCUT2D eigenvalue weighted by Gasteiger charge is -2.47. The molecule has 1 aliphatic rings. The van der Waals surface area contributed by atoms with Gasteiger partial charge in [-0.05, 0) is 30.5 Å². The summed E-state index contributed by atoms with van der Waals surface area (Å²) >= 11 is 5.74. The van der Waals surface area contributed by atoms with E-state index in [1.807, 2.05) is 6.07 Å². The molecule has 1 fully saturated rings. The number of rotatable bonds is 4.